The molecule has 0 spiro atoms. The number of nitrogens with zero attached hydrogens (tertiary/aromatic N) is 2. The van der Waals surface area contributed by atoms with E-state index >= 15 is 0 Å². The van der Waals surface area contributed by atoms with Crippen molar-refractivity contribution in [2.45, 2.75) is 50.9 Å². The number of aliphatic imine (C=N–C) groups is 1. The van der Waals surface area contributed by atoms with Crippen molar-refractivity contribution < 1.29 is 4.21 Å². The molecule has 6 heteroatoms. The fourth-order valence-electron chi connectivity index (χ4n) is 3.03. The summed E-state index contributed by atoms with van der Waals surface area (Å²) >= 11 is 0. The van der Waals surface area contributed by atoms with Crippen molar-refractivity contribution in [2.75, 3.05) is 32.4 Å². The molecular weight excluding hydrogens is 344 g/mol. The first kappa shape index (κ1) is 20.9. The van der Waals surface area contributed by atoms with E-state index in [0.29, 0.717) is 18.3 Å². The molecule has 0 radical (unpaired) electrons. The summed E-state index contributed by atoms with van der Waals surface area (Å²) in [6, 6.07) is 11.1. The lowest BCUT2D eigenvalue weighted by atomic mass is 10.0. The molecule has 5 nitrogen and oxygen atoms in total. The van der Waals surface area contributed by atoms with Gasteiger partial charge >= 0.3 is 0 Å². The van der Waals surface area contributed by atoms with Gasteiger partial charge in [-0.25, -0.2) is 0 Å². The molecule has 1 saturated heterocycles. The van der Waals surface area contributed by atoms with E-state index in [1.807, 2.05) is 20.8 Å². The largest absolute Gasteiger partial charge is 0.355 e. The molecule has 0 aliphatic carbocycles. The number of piperidine rings is 1. The maximum Gasteiger partial charge on any atom is 0.191 e. The predicted molar refractivity (Wildman–Crippen MR) is 112 cm³/mol. The van der Waals surface area contributed by atoms with Crippen molar-refractivity contribution in [1.82, 2.24) is 15.5 Å². The third-order valence-corrected chi connectivity index (χ3v) is 6.60. The smallest absolute Gasteiger partial charge is 0.191 e. The van der Waals surface area contributed by atoms with Gasteiger partial charge < -0.3 is 10.6 Å². The van der Waals surface area contributed by atoms with Crippen LogP contribution in [0.4, 0.5) is 0 Å². The van der Waals surface area contributed by atoms with Crippen LogP contribution in [0.15, 0.2) is 35.3 Å². The van der Waals surface area contributed by atoms with E-state index in [-0.39, 0.29) is 4.75 Å². The van der Waals surface area contributed by atoms with E-state index < -0.39 is 10.8 Å². The second-order valence-electron chi connectivity index (χ2n) is 7.84. The number of hydrogen-bond acceptors (Lipinski definition) is 3. The van der Waals surface area contributed by atoms with Crippen molar-refractivity contribution in [3.63, 3.8) is 0 Å². The van der Waals surface area contributed by atoms with Crippen LogP contribution in [-0.4, -0.2) is 58.3 Å². The summed E-state index contributed by atoms with van der Waals surface area (Å²) in [4.78, 5) is 6.82. The van der Waals surface area contributed by atoms with Gasteiger partial charge in [-0.05, 0) is 39.2 Å². The Morgan fingerprint density at radius 2 is 1.88 bits per heavy atom. The molecular formula is C20H34N4OS. The fraction of sp³-hybridized carbons (Fsp3) is 0.650. The average Bonchev–Trinajstić information content (AvgIpc) is 2.62. The Balaban J connectivity index is 1.69. The summed E-state index contributed by atoms with van der Waals surface area (Å²) in [6.07, 6.45) is 2.23. The summed E-state index contributed by atoms with van der Waals surface area (Å²) in [5.41, 5.74) is 1.38. The number of rotatable bonds is 6. The van der Waals surface area contributed by atoms with Crippen molar-refractivity contribution in [1.29, 1.82) is 0 Å². The zero-order valence-electron chi connectivity index (χ0n) is 16.6. The van der Waals surface area contributed by atoms with Crippen LogP contribution in [0.3, 0.4) is 0 Å². The molecule has 1 aliphatic heterocycles. The maximum atomic E-state index is 12.1. The standard InChI is InChI=1S/C20H34N4OS/c1-20(2,3)26(25)15-12-22-19(21-4)23-18-10-13-24(14-11-18)16-17-8-6-5-7-9-17/h5-9,18H,10-16H2,1-4H3,(H2,21,22,23). The van der Waals surface area contributed by atoms with Crippen LogP contribution in [0.1, 0.15) is 39.2 Å². The highest BCUT2D eigenvalue weighted by molar-refractivity contribution is 7.86. The molecule has 1 aromatic rings. The normalized spacial score (nSPS) is 18.5. The number of hydrogen-bond donors (Lipinski definition) is 2. The van der Waals surface area contributed by atoms with Gasteiger partial charge in [-0.15, -0.1) is 0 Å². The van der Waals surface area contributed by atoms with E-state index in [4.69, 9.17) is 0 Å². The predicted octanol–water partition coefficient (Wildman–Crippen LogP) is 2.36. The SMILES string of the molecule is CN=C(NCCS(=O)C(C)(C)C)NC1CCN(Cc2ccccc2)CC1. The molecule has 1 aromatic carbocycles. The number of benzene rings is 1. The van der Waals surface area contributed by atoms with Gasteiger partial charge in [0.2, 0.25) is 0 Å². The van der Waals surface area contributed by atoms with Gasteiger partial charge in [-0.1, -0.05) is 30.3 Å². The van der Waals surface area contributed by atoms with Crippen molar-refractivity contribution in [2.24, 2.45) is 4.99 Å². The first-order valence-electron chi connectivity index (χ1n) is 9.50. The molecule has 2 N–H and O–H groups in total. The van der Waals surface area contributed by atoms with Crippen LogP contribution in [0.25, 0.3) is 0 Å². The average molecular weight is 379 g/mol. The van der Waals surface area contributed by atoms with E-state index in [0.717, 1.165) is 38.4 Å². The second-order valence-corrected chi connectivity index (χ2v) is 10.2. The topological polar surface area (TPSA) is 56.7 Å². The minimum atomic E-state index is -0.839. The first-order chi connectivity index (χ1) is 12.4. The lowest BCUT2D eigenvalue weighted by Gasteiger charge is -2.33. The first-order valence-corrected chi connectivity index (χ1v) is 10.8. The summed E-state index contributed by atoms with van der Waals surface area (Å²) < 4.78 is 12.0. The van der Waals surface area contributed by atoms with Gasteiger partial charge in [0.25, 0.3) is 0 Å². The maximum absolute atomic E-state index is 12.1. The van der Waals surface area contributed by atoms with Crippen molar-refractivity contribution in [3.05, 3.63) is 35.9 Å². The van der Waals surface area contributed by atoms with Gasteiger partial charge in [0, 0.05) is 60.6 Å². The van der Waals surface area contributed by atoms with Gasteiger partial charge in [0.05, 0.1) is 0 Å². The molecule has 1 heterocycles. The molecule has 26 heavy (non-hydrogen) atoms. The molecule has 146 valence electrons. The zero-order chi connectivity index (χ0) is 19.0. The van der Waals surface area contributed by atoms with E-state index in [2.05, 4.69) is 50.9 Å². The molecule has 1 fully saturated rings. The zero-order valence-corrected chi connectivity index (χ0v) is 17.4. The lowest BCUT2D eigenvalue weighted by Crippen LogP contribution is -2.49. The quantitative estimate of drug-likeness (QED) is 0.589. The third kappa shape index (κ3) is 7.08. The Hall–Kier alpha value is -1.40. The van der Waals surface area contributed by atoms with Crippen LogP contribution < -0.4 is 10.6 Å². The van der Waals surface area contributed by atoms with Crippen molar-refractivity contribution >= 4 is 16.8 Å². The summed E-state index contributed by atoms with van der Waals surface area (Å²) in [5.74, 6) is 1.46. The van der Waals surface area contributed by atoms with Gasteiger partial charge in [0.1, 0.15) is 0 Å². The van der Waals surface area contributed by atoms with Crippen LogP contribution in [0, 0.1) is 0 Å². The van der Waals surface area contributed by atoms with Crippen LogP contribution >= 0.6 is 0 Å². The van der Waals surface area contributed by atoms with Gasteiger partial charge in [0.15, 0.2) is 5.96 Å². The van der Waals surface area contributed by atoms with Crippen LogP contribution in [-0.2, 0) is 17.3 Å². The van der Waals surface area contributed by atoms with Gasteiger partial charge in [-0.2, -0.15) is 0 Å². The minimum Gasteiger partial charge on any atom is -0.355 e. The van der Waals surface area contributed by atoms with E-state index in [9.17, 15) is 4.21 Å². The summed E-state index contributed by atoms with van der Waals surface area (Å²) in [6.45, 7) is 9.93. The van der Waals surface area contributed by atoms with Gasteiger partial charge in [-0.3, -0.25) is 14.1 Å². The van der Waals surface area contributed by atoms with Crippen LogP contribution in [0.5, 0.6) is 0 Å². The molecule has 0 bridgehead atoms. The number of likely N-dealkylation sites (tertiary alicyclic amines) is 1. The summed E-state index contributed by atoms with van der Waals surface area (Å²) in [5, 5.41) is 6.82. The number of nitrogens with one attached hydrogen (secondary N) is 2. The third-order valence-electron chi connectivity index (χ3n) is 4.66. The minimum absolute atomic E-state index is 0.162. The molecule has 1 unspecified atom stereocenters. The Kier molecular flexibility index (Phi) is 8.10. The Morgan fingerprint density at radius 3 is 2.46 bits per heavy atom. The molecule has 0 amide bonds. The molecule has 0 aromatic heterocycles. The molecule has 2 rings (SSSR count). The molecule has 1 aliphatic rings. The van der Waals surface area contributed by atoms with E-state index in [1.165, 1.54) is 5.56 Å². The lowest BCUT2D eigenvalue weighted by molar-refractivity contribution is 0.198. The Labute approximate surface area is 161 Å². The molecule has 0 saturated carbocycles. The van der Waals surface area contributed by atoms with Crippen molar-refractivity contribution in [3.8, 4) is 0 Å². The Bertz CT molecular complexity index is 590. The van der Waals surface area contributed by atoms with Crippen LogP contribution in [0.2, 0.25) is 0 Å². The highest BCUT2D eigenvalue weighted by Crippen LogP contribution is 2.14. The number of guanidine groups is 1. The fourth-order valence-corrected chi connectivity index (χ4v) is 3.93. The van der Waals surface area contributed by atoms with E-state index in [1.54, 1.807) is 7.05 Å². The molecule has 1 atom stereocenters. The second kappa shape index (κ2) is 10.1. The summed E-state index contributed by atoms with van der Waals surface area (Å²) in [7, 11) is 0.954. The highest BCUT2D eigenvalue weighted by Gasteiger charge is 2.21. The highest BCUT2D eigenvalue weighted by atomic mass is 32.2. The Morgan fingerprint density at radius 1 is 1.23 bits per heavy atom. The monoisotopic (exact) mass is 378 g/mol.